The Labute approximate surface area is 90.8 Å². The van der Waals surface area contributed by atoms with Crippen molar-refractivity contribution in [3.05, 3.63) is 22.4 Å². The average molecular weight is 212 g/mol. The van der Waals surface area contributed by atoms with Crippen molar-refractivity contribution in [3.8, 4) is 0 Å². The molecule has 0 aliphatic rings. The minimum Gasteiger partial charge on any atom is -0.390 e. The van der Waals surface area contributed by atoms with Crippen LogP contribution in [0.2, 0.25) is 0 Å². The van der Waals surface area contributed by atoms with Gasteiger partial charge in [-0.2, -0.15) is 11.3 Å². The van der Waals surface area contributed by atoms with Gasteiger partial charge in [0.05, 0.1) is 5.60 Å². The summed E-state index contributed by atoms with van der Waals surface area (Å²) in [5, 5.41) is 14.4. The van der Waals surface area contributed by atoms with Crippen LogP contribution in [0.1, 0.15) is 39.2 Å². The van der Waals surface area contributed by atoms with Gasteiger partial charge in [-0.25, -0.2) is 0 Å². The van der Waals surface area contributed by atoms with Crippen LogP contribution in [0.25, 0.3) is 0 Å². The lowest BCUT2D eigenvalue weighted by molar-refractivity contribution is -0.00282. The molecule has 0 saturated carbocycles. The van der Waals surface area contributed by atoms with Crippen molar-refractivity contribution in [3.63, 3.8) is 0 Å². The minimum atomic E-state index is -0.517. The molecule has 1 nitrogen and oxygen atoms in total. The summed E-state index contributed by atoms with van der Waals surface area (Å²) in [5.41, 5.74) is 0.829. The topological polar surface area (TPSA) is 20.2 Å². The first-order valence-corrected chi connectivity index (χ1v) is 6.24. The van der Waals surface area contributed by atoms with Gasteiger partial charge < -0.3 is 5.11 Å². The summed E-state index contributed by atoms with van der Waals surface area (Å²) in [6.45, 7) is 6.20. The van der Waals surface area contributed by atoms with Crippen molar-refractivity contribution in [2.24, 2.45) is 5.92 Å². The SMILES string of the molecule is CCC(C)C(C)(O)CCc1ccsc1. The van der Waals surface area contributed by atoms with Gasteiger partial charge in [0.2, 0.25) is 0 Å². The van der Waals surface area contributed by atoms with E-state index in [4.69, 9.17) is 0 Å². The second-order valence-electron chi connectivity index (χ2n) is 4.30. The fraction of sp³-hybridized carbons (Fsp3) is 0.667. The van der Waals surface area contributed by atoms with Gasteiger partial charge in [-0.3, -0.25) is 0 Å². The Morgan fingerprint density at radius 1 is 1.57 bits per heavy atom. The first kappa shape index (κ1) is 11.7. The van der Waals surface area contributed by atoms with E-state index in [9.17, 15) is 5.11 Å². The maximum Gasteiger partial charge on any atom is 0.0648 e. The van der Waals surface area contributed by atoms with E-state index in [0.29, 0.717) is 5.92 Å². The molecule has 0 aliphatic carbocycles. The van der Waals surface area contributed by atoms with Crippen LogP contribution in [0, 0.1) is 5.92 Å². The molecule has 2 unspecified atom stereocenters. The van der Waals surface area contributed by atoms with Crippen molar-refractivity contribution < 1.29 is 5.11 Å². The average Bonchev–Trinajstić information content (AvgIpc) is 2.66. The Morgan fingerprint density at radius 2 is 2.29 bits per heavy atom. The van der Waals surface area contributed by atoms with Gasteiger partial charge in [0.25, 0.3) is 0 Å². The summed E-state index contributed by atoms with van der Waals surface area (Å²) in [5.74, 6) is 0.376. The van der Waals surface area contributed by atoms with Crippen molar-refractivity contribution >= 4 is 11.3 Å². The van der Waals surface area contributed by atoms with Crippen LogP contribution in [0.5, 0.6) is 0 Å². The fourth-order valence-electron chi connectivity index (χ4n) is 1.52. The van der Waals surface area contributed by atoms with E-state index in [-0.39, 0.29) is 0 Å². The number of hydrogen-bond acceptors (Lipinski definition) is 2. The molecule has 1 rings (SSSR count). The van der Waals surface area contributed by atoms with Crippen molar-refractivity contribution in [2.75, 3.05) is 0 Å². The molecule has 0 amide bonds. The highest BCUT2D eigenvalue weighted by Gasteiger charge is 2.26. The largest absolute Gasteiger partial charge is 0.390 e. The second-order valence-corrected chi connectivity index (χ2v) is 5.08. The van der Waals surface area contributed by atoms with Crippen LogP contribution >= 0.6 is 11.3 Å². The zero-order valence-electron chi connectivity index (χ0n) is 9.29. The van der Waals surface area contributed by atoms with Crippen LogP contribution in [0.15, 0.2) is 16.8 Å². The number of aliphatic hydroxyl groups is 1. The molecule has 0 radical (unpaired) electrons. The molecule has 0 spiro atoms. The van der Waals surface area contributed by atoms with Crippen LogP contribution < -0.4 is 0 Å². The van der Waals surface area contributed by atoms with Gasteiger partial charge in [0.1, 0.15) is 0 Å². The second kappa shape index (κ2) is 4.94. The maximum absolute atomic E-state index is 10.2. The lowest BCUT2D eigenvalue weighted by Crippen LogP contribution is -2.32. The number of hydrogen-bond donors (Lipinski definition) is 1. The van der Waals surface area contributed by atoms with E-state index in [1.165, 1.54) is 5.56 Å². The molecule has 2 atom stereocenters. The standard InChI is InChI=1S/C12H20OS/c1-4-10(2)12(3,13)7-5-11-6-8-14-9-11/h6,8-10,13H,4-5,7H2,1-3H3. The zero-order chi connectivity index (χ0) is 10.6. The van der Waals surface area contributed by atoms with Crippen molar-refractivity contribution in [2.45, 2.75) is 45.6 Å². The molecule has 0 aliphatic heterocycles. The lowest BCUT2D eigenvalue weighted by Gasteiger charge is -2.29. The highest BCUT2D eigenvalue weighted by atomic mass is 32.1. The van der Waals surface area contributed by atoms with E-state index in [1.807, 2.05) is 6.92 Å². The molecule has 1 heterocycles. The Bertz CT molecular complexity index is 251. The smallest absolute Gasteiger partial charge is 0.0648 e. The minimum absolute atomic E-state index is 0.376. The molecule has 14 heavy (non-hydrogen) atoms. The third-order valence-corrected chi connectivity index (χ3v) is 3.91. The van der Waals surface area contributed by atoms with Crippen molar-refractivity contribution in [1.29, 1.82) is 0 Å². The quantitative estimate of drug-likeness (QED) is 0.792. The Morgan fingerprint density at radius 3 is 2.79 bits per heavy atom. The molecule has 1 N–H and O–H groups in total. The van der Waals surface area contributed by atoms with Crippen LogP contribution in [-0.2, 0) is 6.42 Å². The van der Waals surface area contributed by atoms with Gasteiger partial charge in [0.15, 0.2) is 0 Å². The molecule has 0 aromatic carbocycles. The lowest BCUT2D eigenvalue weighted by atomic mass is 9.84. The summed E-state index contributed by atoms with van der Waals surface area (Å²) >= 11 is 1.72. The predicted octanol–water partition coefficient (Wildman–Crippen LogP) is 3.48. The maximum atomic E-state index is 10.2. The normalized spacial score (nSPS) is 17.7. The van der Waals surface area contributed by atoms with Gasteiger partial charge in [-0.1, -0.05) is 20.3 Å². The highest BCUT2D eigenvalue weighted by Crippen LogP contribution is 2.25. The number of thiophene rings is 1. The van der Waals surface area contributed by atoms with Gasteiger partial charge in [0, 0.05) is 0 Å². The molecule has 0 bridgehead atoms. The van der Waals surface area contributed by atoms with Gasteiger partial charge >= 0.3 is 0 Å². The molecular weight excluding hydrogens is 192 g/mol. The Balaban J connectivity index is 2.44. The molecule has 1 aromatic heterocycles. The van der Waals surface area contributed by atoms with E-state index >= 15 is 0 Å². The van der Waals surface area contributed by atoms with Crippen molar-refractivity contribution in [1.82, 2.24) is 0 Å². The molecule has 80 valence electrons. The molecule has 0 saturated heterocycles. The van der Waals surface area contributed by atoms with Crippen LogP contribution in [0.3, 0.4) is 0 Å². The highest BCUT2D eigenvalue weighted by molar-refractivity contribution is 7.07. The summed E-state index contributed by atoms with van der Waals surface area (Å²) in [6.07, 6.45) is 2.89. The van der Waals surface area contributed by atoms with Crippen LogP contribution in [0.4, 0.5) is 0 Å². The molecular formula is C12H20OS. The summed E-state index contributed by atoms with van der Waals surface area (Å²) < 4.78 is 0. The third kappa shape index (κ3) is 3.10. The van der Waals surface area contributed by atoms with Gasteiger partial charge in [-0.15, -0.1) is 0 Å². The molecule has 1 aromatic rings. The van der Waals surface area contributed by atoms with Gasteiger partial charge in [-0.05, 0) is 48.1 Å². The Kier molecular flexibility index (Phi) is 4.14. The monoisotopic (exact) mass is 212 g/mol. The zero-order valence-corrected chi connectivity index (χ0v) is 10.1. The number of rotatable bonds is 5. The first-order chi connectivity index (χ1) is 6.56. The Hall–Kier alpha value is -0.340. The fourth-order valence-corrected chi connectivity index (χ4v) is 2.22. The summed E-state index contributed by atoms with van der Waals surface area (Å²) in [4.78, 5) is 0. The predicted molar refractivity (Wildman–Crippen MR) is 62.7 cm³/mol. The molecule has 0 fully saturated rings. The first-order valence-electron chi connectivity index (χ1n) is 5.29. The number of aryl methyl sites for hydroxylation is 1. The third-order valence-electron chi connectivity index (χ3n) is 3.17. The van der Waals surface area contributed by atoms with E-state index < -0.39 is 5.60 Å². The van der Waals surface area contributed by atoms with E-state index in [2.05, 4.69) is 30.7 Å². The van der Waals surface area contributed by atoms with E-state index in [1.54, 1.807) is 11.3 Å². The van der Waals surface area contributed by atoms with E-state index in [0.717, 1.165) is 19.3 Å². The summed E-state index contributed by atoms with van der Waals surface area (Å²) in [7, 11) is 0. The van der Waals surface area contributed by atoms with Crippen LogP contribution in [-0.4, -0.2) is 10.7 Å². The summed E-state index contributed by atoms with van der Waals surface area (Å²) in [6, 6.07) is 2.14. The molecule has 2 heteroatoms.